The highest BCUT2D eigenvalue weighted by Crippen LogP contribution is 2.34. The Morgan fingerprint density at radius 1 is 1.47 bits per heavy atom. The molecular formula is C10H10F3NO3. The number of halogens is 3. The number of ketones is 1. The first-order valence-electron chi connectivity index (χ1n) is 4.61. The molecule has 1 rings (SSSR count). The van der Waals surface area contributed by atoms with E-state index in [9.17, 15) is 23.1 Å². The van der Waals surface area contributed by atoms with E-state index in [-0.39, 0.29) is 5.75 Å². The summed E-state index contributed by atoms with van der Waals surface area (Å²) < 4.78 is 41.9. The molecule has 0 radical (unpaired) electrons. The van der Waals surface area contributed by atoms with E-state index in [4.69, 9.17) is 4.74 Å². The van der Waals surface area contributed by atoms with Crippen molar-refractivity contribution in [2.45, 2.75) is 13.1 Å². The molecule has 1 atom stereocenters. The number of ether oxygens (including phenoxy) is 1. The van der Waals surface area contributed by atoms with Gasteiger partial charge in [-0.1, -0.05) is 0 Å². The number of hydrogen-bond acceptors (Lipinski definition) is 4. The van der Waals surface area contributed by atoms with Gasteiger partial charge in [-0.05, 0) is 6.92 Å². The van der Waals surface area contributed by atoms with Gasteiger partial charge in [0, 0.05) is 0 Å². The topological polar surface area (TPSA) is 59.4 Å². The van der Waals surface area contributed by atoms with Crippen molar-refractivity contribution in [3.8, 4) is 11.5 Å². The monoisotopic (exact) mass is 249 g/mol. The number of aromatic nitrogens is 1. The summed E-state index contributed by atoms with van der Waals surface area (Å²) in [5.41, 5.74) is -0.507. The highest BCUT2D eigenvalue weighted by atomic mass is 19.4. The van der Waals surface area contributed by atoms with Gasteiger partial charge in [0.2, 0.25) is 0 Å². The fraction of sp³-hybridized carbons (Fsp3) is 0.400. The van der Waals surface area contributed by atoms with E-state index < -0.39 is 29.2 Å². The number of carbonyl (C=O) groups excluding carboxylic acids is 1. The number of aromatic hydroxyl groups is 1. The quantitative estimate of drug-likeness (QED) is 0.834. The van der Waals surface area contributed by atoms with Crippen LogP contribution in [-0.4, -0.2) is 29.2 Å². The summed E-state index contributed by atoms with van der Waals surface area (Å²) in [6.07, 6.45) is -2.72. The van der Waals surface area contributed by atoms with Gasteiger partial charge in [0.05, 0.1) is 19.5 Å². The van der Waals surface area contributed by atoms with Gasteiger partial charge in [0.25, 0.3) is 0 Å². The zero-order valence-electron chi connectivity index (χ0n) is 9.08. The van der Waals surface area contributed by atoms with Gasteiger partial charge in [-0.25, -0.2) is 0 Å². The van der Waals surface area contributed by atoms with E-state index in [0.29, 0.717) is 0 Å². The van der Waals surface area contributed by atoms with E-state index in [1.807, 2.05) is 0 Å². The molecule has 0 spiro atoms. The molecule has 1 N–H and O–H groups in total. The molecule has 0 aliphatic heterocycles. The van der Waals surface area contributed by atoms with Gasteiger partial charge < -0.3 is 9.84 Å². The number of pyridine rings is 1. The van der Waals surface area contributed by atoms with Crippen molar-refractivity contribution in [1.82, 2.24) is 4.98 Å². The smallest absolute Gasteiger partial charge is 0.398 e. The molecule has 0 saturated carbocycles. The molecular weight excluding hydrogens is 239 g/mol. The van der Waals surface area contributed by atoms with Crippen molar-refractivity contribution >= 4 is 5.78 Å². The lowest BCUT2D eigenvalue weighted by atomic mass is 9.98. The van der Waals surface area contributed by atoms with Crippen LogP contribution in [0.5, 0.6) is 11.5 Å². The standard InChI is InChI=1S/C10H10F3NO3/c1-5(10(11,12)13)9(16)8-6(15)3-14-4-7(8)17-2/h3-5,15H,1-2H3/t5-/m0/s1. The van der Waals surface area contributed by atoms with E-state index >= 15 is 0 Å². The molecule has 0 unspecified atom stereocenters. The Bertz CT molecular complexity index is 431. The summed E-state index contributed by atoms with van der Waals surface area (Å²) >= 11 is 0. The molecule has 94 valence electrons. The van der Waals surface area contributed by atoms with E-state index in [1.54, 1.807) is 0 Å². The van der Waals surface area contributed by atoms with Crippen LogP contribution in [0.3, 0.4) is 0 Å². The predicted molar refractivity (Wildman–Crippen MR) is 52.0 cm³/mol. The Balaban J connectivity index is 3.21. The van der Waals surface area contributed by atoms with E-state index in [2.05, 4.69) is 4.98 Å². The van der Waals surface area contributed by atoms with Crippen molar-refractivity contribution in [2.24, 2.45) is 5.92 Å². The lowest BCUT2D eigenvalue weighted by Gasteiger charge is -2.16. The lowest BCUT2D eigenvalue weighted by molar-refractivity contribution is -0.155. The van der Waals surface area contributed by atoms with Gasteiger partial charge >= 0.3 is 6.18 Å². The molecule has 1 aromatic heterocycles. The van der Waals surface area contributed by atoms with Crippen LogP contribution >= 0.6 is 0 Å². The summed E-state index contributed by atoms with van der Waals surface area (Å²) in [5.74, 6) is -4.30. The minimum Gasteiger partial charge on any atom is -0.505 e. The van der Waals surface area contributed by atoms with Gasteiger partial charge in [-0.15, -0.1) is 0 Å². The molecule has 4 nitrogen and oxygen atoms in total. The molecule has 7 heteroatoms. The molecule has 0 aliphatic rings. The van der Waals surface area contributed by atoms with Crippen LogP contribution in [0.15, 0.2) is 12.4 Å². The second kappa shape index (κ2) is 4.60. The zero-order valence-corrected chi connectivity index (χ0v) is 9.08. The number of methoxy groups -OCH3 is 1. The molecule has 0 aliphatic carbocycles. The second-order valence-corrected chi connectivity index (χ2v) is 3.36. The Morgan fingerprint density at radius 3 is 2.53 bits per heavy atom. The number of hydrogen-bond donors (Lipinski definition) is 1. The van der Waals surface area contributed by atoms with Gasteiger partial charge in [0.1, 0.15) is 17.2 Å². The first-order chi connectivity index (χ1) is 7.79. The van der Waals surface area contributed by atoms with Crippen molar-refractivity contribution in [2.75, 3.05) is 7.11 Å². The van der Waals surface area contributed by atoms with Crippen molar-refractivity contribution in [3.05, 3.63) is 18.0 Å². The van der Waals surface area contributed by atoms with Crippen molar-refractivity contribution in [3.63, 3.8) is 0 Å². The number of carbonyl (C=O) groups is 1. The molecule has 0 bridgehead atoms. The first-order valence-corrected chi connectivity index (χ1v) is 4.61. The third kappa shape index (κ3) is 2.66. The highest BCUT2D eigenvalue weighted by Gasteiger charge is 2.42. The second-order valence-electron chi connectivity index (χ2n) is 3.36. The van der Waals surface area contributed by atoms with Gasteiger partial charge in [-0.2, -0.15) is 13.2 Å². The Kier molecular flexibility index (Phi) is 3.59. The fourth-order valence-electron chi connectivity index (χ4n) is 1.20. The van der Waals surface area contributed by atoms with E-state index in [1.165, 1.54) is 7.11 Å². The summed E-state index contributed by atoms with van der Waals surface area (Å²) in [5, 5.41) is 9.38. The Labute approximate surface area is 95.0 Å². The highest BCUT2D eigenvalue weighted by molar-refractivity contribution is 6.02. The predicted octanol–water partition coefficient (Wildman–Crippen LogP) is 2.18. The van der Waals surface area contributed by atoms with Gasteiger partial charge in [-0.3, -0.25) is 9.78 Å². The average Bonchev–Trinajstić information content (AvgIpc) is 2.25. The van der Waals surface area contributed by atoms with Crippen LogP contribution in [0.4, 0.5) is 13.2 Å². The van der Waals surface area contributed by atoms with Crippen LogP contribution in [0, 0.1) is 5.92 Å². The third-order valence-electron chi connectivity index (χ3n) is 2.24. The normalized spacial score (nSPS) is 13.2. The molecule has 1 aromatic rings. The van der Waals surface area contributed by atoms with Crippen LogP contribution in [-0.2, 0) is 0 Å². The Hall–Kier alpha value is -1.79. The van der Waals surface area contributed by atoms with Crippen LogP contribution in [0.25, 0.3) is 0 Å². The molecule has 0 fully saturated rings. The summed E-state index contributed by atoms with van der Waals surface area (Å²) in [6.45, 7) is 0.724. The third-order valence-corrected chi connectivity index (χ3v) is 2.24. The number of Topliss-reactive ketones (excluding diaryl/α,β-unsaturated/α-hetero) is 1. The fourth-order valence-corrected chi connectivity index (χ4v) is 1.20. The summed E-state index contributed by atoms with van der Waals surface area (Å²) in [6, 6.07) is 0. The molecule has 0 amide bonds. The lowest BCUT2D eigenvalue weighted by Crippen LogP contribution is -2.28. The SMILES string of the molecule is COc1cncc(O)c1C(=O)[C@H](C)C(F)(F)F. The minimum atomic E-state index is -4.67. The van der Waals surface area contributed by atoms with E-state index in [0.717, 1.165) is 19.3 Å². The molecule has 17 heavy (non-hydrogen) atoms. The molecule has 0 aromatic carbocycles. The number of rotatable bonds is 3. The summed E-state index contributed by atoms with van der Waals surface area (Å²) in [4.78, 5) is 15.1. The van der Waals surface area contributed by atoms with Crippen molar-refractivity contribution < 1.29 is 27.8 Å². The largest absolute Gasteiger partial charge is 0.505 e. The molecule has 0 saturated heterocycles. The maximum absolute atomic E-state index is 12.4. The van der Waals surface area contributed by atoms with Crippen LogP contribution in [0.2, 0.25) is 0 Å². The number of nitrogens with zero attached hydrogens (tertiary/aromatic N) is 1. The van der Waals surface area contributed by atoms with Crippen LogP contribution < -0.4 is 4.74 Å². The van der Waals surface area contributed by atoms with Gasteiger partial charge in [0.15, 0.2) is 11.5 Å². The maximum Gasteiger partial charge on any atom is 0.398 e. The maximum atomic E-state index is 12.4. The zero-order chi connectivity index (χ0) is 13.2. The molecule has 1 heterocycles. The Morgan fingerprint density at radius 2 is 2.06 bits per heavy atom. The minimum absolute atomic E-state index is 0.189. The van der Waals surface area contributed by atoms with Crippen LogP contribution in [0.1, 0.15) is 17.3 Å². The average molecular weight is 249 g/mol. The number of alkyl halides is 3. The first kappa shape index (κ1) is 13.3. The van der Waals surface area contributed by atoms with Crippen molar-refractivity contribution in [1.29, 1.82) is 0 Å². The summed E-state index contributed by atoms with van der Waals surface area (Å²) in [7, 11) is 1.17.